The lowest BCUT2D eigenvalue weighted by Gasteiger charge is -2.17. The van der Waals surface area contributed by atoms with E-state index in [1.165, 1.54) is 17.7 Å². The molecule has 0 bridgehead atoms. The van der Waals surface area contributed by atoms with Crippen LogP contribution in [0.15, 0.2) is 24.3 Å². The SMILES string of the molecule is CCC(NCCCSC)c1ccc(OC)cc1. The molecule has 1 N–H and O–H groups in total. The molecule has 0 aromatic heterocycles. The molecule has 0 spiro atoms. The highest BCUT2D eigenvalue weighted by molar-refractivity contribution is 7.98. The molecule has 0 aliphatic heterocycles. The number of hydrogen-bond acceptors (Lipinski definition) is 3. The van der Waals surface area contributed by atoms with Crippen molar-refractivity contribution in [1.29, 1.82) is 0 Å². The highest BCUT2D eigenvalue weighted by Crippen LogP contribution is 2.19. The summed E-state index contributed by atoms with van der Waals surface area (Å²) in [5.41, 5.74) is 1.34. The zero-order chi connectivity index (χ0) is 12.5. The molecule has 17 heavy (non-hydrogen) atoms. The van der Waals surface area contributed by atoms with Crippen LogP contribution < -0.4 is 10.1 Å². The Morgan fingerprint density at radius 2 is 2.00 bits per heavy atom. The maximum atomic E-state index is 5.17. The summed E-state index contributed by atoms with van der Waals surface area (Å²) in [6, 6.07) is 8.81. The van der Waals surface area contributed by atoms with Crippen molar-refractivity contribution in [3.63, 3.8) is 0 Å². The molecular weight excluding hydrogens is 230 g/mol. The highest BCUT2D eigenvalue weighted by atomic mass is 32.2. The van der Waals surface area contributed by atoms with Crippen LogP contribution in [0.2, 0.25) is 0 Å². The predicted octanol–water partition coefficient (Wildman–Crippen LogP) is 3.49. The van der Waals surface area contributed by atoms with Crippen molar-refractivity contribution in [2.45, 2.75) is 25.8 Å². The van der Waals surface area contributed by atoms with E-state index >= 15 is 0 Å². The normalized spacial score (nSPS) is 12.4. The third-order valence-electron chi connectivity index (χ3n) is 2.84. The van der Waals surface area contributed by atoms with Gasteiger partial charge in [-0.3, -0.25) is 0 Å². The molecule has 1 aromatic rings. The summed E-state index contributed by atoms with van der Waals surface area (Å²) in [5, 5.41) is 3.60. The van der Waals surface area contributed by atoms with Gasteiger partial charge in [-0.1, -0.05) is 19.1 Å². The number of benzene rings is 1. The maximum absolute atomic E-state index is 5.17. The first kappa shape index (κ1) is 14.4. The van der Waals surface area contributed by atoms with E-state index < -0.39 is 0 Å². The molecule has 3 heteroatoms. The number of ether oxygens (including phenoxy) is 1. The van der Waals surface area contributed by atoms with Gasteiger partial charge >= 0.3 is 0 Å². The number of nitrogens with one attached hydrogen (secondary N) is 1. The molecule has 0 fully saturated rings. The zero-order valence-corrected chi connectivity index (χ0v) is 11.8. The van der Waals surface area contributed by atoms with Crippen LogP contribution in [0.5, 0.6) is 5.75 Å². The molecule has 0 heterocycles. The second-order valence-corrected chi connectivity index (χ2v) is 5.02. The van der Waals surface area contributed by atoms with Crippen molar-refractivity contribution < 1.29 is 4.74 Å². The summed E-state index contributed by atoms with van der Waals surface area (Å²) >= 11 is 1.91. The van der Waals surface area contributed by atoms with Crippen LogP contribution in [-0.4, -0.2) is 25.7 Å². The Morgan fingerprint density at radius 1 is 1.29 bits per heavy atom. The topological polar surface area (TPSA) is 21.3 Å². The smallest absolute Gasteiger partial charge is 0.118 e. The fourth-order valence-corrected chi connectivity index (χ4v) is 2.26. The van der Waals surface area contributed by atoms with Crippen LogP contribution in [0.4, 0.5) is 0 Å². The first-order valence-electron chi connectivity index (χ1n) is 6.18. The van der Waals surface area contributed by atoms with Gasteiger partial charge in [0.25, 0.3) is 0 Å². The van der Waals surface area contributed by atoms with Gasteiger partial charge in [0, 0.05) is 6.04 Å². The first-order valence-corrected chi connectivity index (χ1v) is 7.57. The van der Waals surface area contributed by atoms with Gasteiger partial charge in [0.05, 0.1) is 7.11 Å². The van der Waals surface area contributed by atoms with Crippen LogP contribution in [0, 0.1) is 0 Å². The van der Waals surface area contributed by atoms with Gasteiger partial charge in [-0.05, 0) is 49.1 Å². The van der Waals surface area contributed by atoms with Gasteiger partial charge in [-0.15, -0.1) is 0 Å². The number of methoxy groups -OCH3 is 1. The molecular formula is C14H23NOS. The summed E-state index contributed by atoms with van der Waals surface area (Å²) in [5.74, 6) is 2.15. The monoisotopic (exact) mass is 253 g/mol. The predicted molar refractivity (Wildman–Crippen MR) is 77.0 cm³/mol. The summed E-state index contributed by atoms with van der Waals surface area (Å²) < 4.78 is 5.17. The van der Waals surface area contributed by atoms with Gasteiger partial charge in [0.2, 0.25) is 0 Å². The lowest BCUT2D eigenvalue weighted by Crippen LogP contribution is -2.22. The molecule has 1 rings (SSSR count). The highest BCUT2D eigenvalue weighted by Gasteiger charge is 2.07. The second kappa shape index (κ2) is 8.43. The Morgan fingerprint density at radius 3 is 2.53 bits per heavy atom. The van der Waals surface area contributed by atoms with Crippen LogP contribution in [0.1, 0.15) is 31.4 Å². The molecule has 1 atom stereocenters. The molecule has 0 saturated heterocycles. The molecule has 0 saturated carbocycles. The van der Waals surface area contributed by atoms with E-state index in [9.17, 15) is 0 Å². The Bertz CT molecular complexity index is 300. The fraction of sp³-hybridized carbons (Fsp3) is 0.571. The van der Waals surface area contributed by atoms with Crippen LogP contribution in [0.3, 0.4) is 0 Å². The van der Waals surface area contributed by atoms with Gasteiger partial charge < -0.3 is 10.1 Å². The Hall–Kier alpha value is -0.670. The Kier molecular flexibility index (Phi) is 7.13. The molecule has 0 radical (unpaired) electrons. The largest absolute Gasteiger partial charge is 0.497 e. The standard InChI is InChI=1S/C14H23NOS/c1-4-14(15-10-5-11-17-3)12-6-8-13(16-2)9-7-12/h6-9,14-15H,4-5,10-11H2,1-3H3. The zero-order valence-electron chi connectivity index (χ0n) is 11.0. The van der Waals surface area contributed by atoms with E-state index in [-0.39, 0.29) is 0 Å². The fourth-order valence-electron chi connectivity index (χ4n) is 1.83. The molecule has 0 aliphatic carbocycles. The van der Waals surface area contributed by atoms with E-state index in [1.54, 1.807) is 7.11 Å². The first-order chi connectivity index (χ1) is 8.31. The maximum Gasteiger partial charge on any atom is 0.118 e. The average Bonchev–Trinajstić information content (AvgIpc) is 2.39. The number of thioether (sulfide) groups is 1. The molecule has 0 aliphatic rings. The molecule has 0 amide bonds. The van der Waals surface area contributed by atoms with E-state index in [1.807, 2.05) is 23.9 Å². The minimum absolute atomic E-state index is 0.461. The third-order valence-corrected chi connectivity index (χ3v) is 3.54. The molecule has 1 unspecified atom stereocenters. The van der Waals surface area contributed by atoms with Gasteiger partial charge in [0.1, 0.15) is 5.75 Å². The summed E-state index contributed by atoms with van der Waals surface area (Å²) in [7, 11) is 1.70. The Balaban J connectivity index is 2.47. The van der Waals surface area contributed by atoms with E-state index in [2.05, 4.69) is 30.6 Å². The van der Waals surface area contributed by atoms with Gasteiger partial charge in [-0.25, -0.2) is 0 Å². The summed E-state index contributed by atoms with van der Waals surface area (Å²) in [4.78, 5) is 0. The van der Waals surface area contributed by atoms with Crippen LogP contribution >= 0.6 is 11.8 Å². The van der Waals surface area contributed by atoms with Crippen molar-refractivity contribution in [3.8, 4) is 5.75 Å². The summed E-state index contributed by atoms with van der Waals surface area (Å²) in [6.45, 7) is 3.31. The van der Waals surface area contributed by atoms with Crippen molar-refractivity contribution >= 4 is 11.8 Å². The number of rotatable bonds is 8. The van der Waals surface area contributed by atoms with Crippen LogP contribution in [-0.2, 0) is 0 Å². The van der Waals surface area contributed by atoms with Crippen LogP contribution in [0.25, 0.3) is 0 Å². The minimum Gasteiger partial charge on any atom is -0.497 e. The minimum atomic E-state index is 0.461. The van der Waals surface area contributed by atoms with Crippen molar-refractivity contribution in [1.82, 2.24) is 5.32 Å². The van der Waals surface area contributed by atoms with Gasteiger partial charge in [0.15, 0.2) is 0 Å². The van der Waals surface area contributed by atoms with E-state index in [0.717, 1.165) is 18.7 Å². The lowest BCUT2D eigenvalue weighted by atomic mass is 10.0. The quantitative estimate of drug-likeness (QED) is 0.717. The van der Waals surface area contributed by atoms with E-state index in [4.69, 9.17) is 4.74 Å². The third kappa shape index (κ3) is 5.00. The Labute approximate surface area is 109 Å². The summed E-state index contributed by atoms with van der Waals surface area (Å²) in [6.07, 6.45) is 4.50. The van der Waals surface area contributed by atoms with E-state index in [0.29, 0.717) is 6.04 Å². The average molecular weight is 253 g/mol. The molecule has 96 valence electrons. The number of hydrogen-bond donors (Lipinski definition) is 1. The molecule has 2 nitrogen and oxygen atoms in total. The van der Waals surface area contributed by atoms with Gasteiger partial charge in [-0.2, -0.15) is 11.8 Å². The lowest BCUT2D eigenvalue weighted by molar-refractivity contribution is 0.414. The molecule has 1 aromatic carbocycles. The van der Waals surface area contributed by atoms with Crippen molar-refractivity contribution in [2.75, 3.05) is 25.7 Å². The second-order valence-electron chi connectivity index (χ2n) is 4.03. The van der Waals surface area contributed by atoms with Crippen molar-refractivity contribution in [3.05, 3.63) is 29.8 Å². The van der Waals surface area contributed by atoms with Crippen molar-refractivity contribution in [2.24, 2.45) is 0 Å².